The van der Waals surface area contributed by atoms with Crippen LogP contribution in [0.3, 0.4) is 0 Å². The average Bonchev–Trinajstić information content (AvgIpc) is 2.65. The third-order valence-corrected chi connectivity index (χ3v) is 3.46. The molecule has 0 saturated heterocycles. The molecule has 2 rings (SSSR count). The normalized spacial score (nSPS) is 11.8. The van der Waals surface area contributed by atoms with Crippen molar-refractivity contribution in [3.05, 3.63) is 70.7 Å². The number of halogens is 1. The summed E-state index contributed by atoms with van der Waals surface area (Å²) in [6.45, 7) is 0.203. The number of ether oxygens (including phenoxy) is 1. The number of hydrogen-bond donors (Lipinski definition) is 1. The number of carbonyl (C=O) groups is 2. The Kier molecular flexibility index (Phi) is 6.98. The molecule has 6 nitrogen and oxygen atoms in total. The molecule has 130 valence electrons. The minimum atomic E-state index is -1.05. The van der Waals surface area contributed by atoms with Crippen molar-refractivity contribution in [2.45, 2.75) is 12.6 Å². The molecule has 7 heteroatoms. The van der Waals surface area contributed by atoms with Crippen molar-refractivity contribution in [2.75, 3.05) is 7.11 Å². The molecule has 0 aromatic heterocycles. The van der Waals surface area contributed by atoms with Crippen LogP contribution in [0.15, 0.2) is 59.8 Å². The lowest BCUT2D eigenvalue weighted by Gasteiger charge is -2.12. The van der Waals surface area contributed by atoms with Gasteiger partial charge in [-0.25, -0.2) is 4.79 Å². The van der Waals surface area contributed by atoms with Crippen molar-refractivity contribution in [3.8, 4) is 0 Å². The molecular formula is C18H17ClN2O4. The summed E-state index contributed by atoms with van der Waals surface area (Å²) in [5, 5.41) is 6.89. The van der Waals surface area contributed by atoms with E-state index in [1.807, 2.05) is 0 Å². The minimum absolute atomic E-state index is 0.203. The first-order valence-corrected chi connectivity index (χ1v) is 7.81. The van der Waals surface area contributed by atoms with Crippen LogP contribution in [0.1, 0.15) is 15.9 Å². The fraction of sp³-hybridized carbons (Fsp3) is 0.167. The van der Waals surface area contributed by atoms with Crippen LogP contribution in [0, 0.1) is 0 Å². The molecule has 0 spiro atoms. The lowest BCUT2D eigenvalue weighted by atomic mass is 10.2. The van der Waals surface area contributed by atoms with E-state index in [-0.39, 0.29) is 6.61 Å². The quantitative estimate of drug-likeness (QED) is 0.468. The first-order chi connectivity index (χ1) is 12.1. The third kappa shape index (κ3) is 5.93. The molecule has 1 atom stereocenters. The lowest BCUT2D eigenvalue weighted by Crippen LogP contribution is -2.42. The zero-order valence-corrected chi connectivity index (χ0v) is 14.3. The number of oxime groups is 1. The molecule has 2 aromatic rings. The molecule has 0 saturated carbocycles. The van der Waals surface area contributed by atoms with Crippen LogP contribution in [0.2, 0.25) is 5.02 Å². The number of amides is 1. The van der Waals surface area contributed by atoms with Crippen molar-refractivity contribution >= 4 is 29.7 Å². The summed E-state index contributed by atoms with van der Waals surface area (Å²) < 4.78 is 4.66. The Morgan fingerprint density at radius 2 is 1.84 bits per heavy atom. The molecule has 25 heavy (non-hydrogen) atoms. The van der Waals surface area contributed by atoms with Gasteiger partial charge in [-0.1, -0.05) is 47.1 Å². The van der Waals surface area contributed by atoms with Gasteiger partial charge in [-0.15, -0.1) is 0 Å². The zero-order valence-electron chi connectivity index (χ0n) is 13.5. The summed E-state index contributed by atoms with van der Waals surface area (Å²) in [5.41, 5.74) is 1.29. The van der Waals surface area contributed by atoms with E-state index in [1.165, 1.54) is 13.3 Å². The van der Waals surface area contributed by atoms with Gasteiger partial charge in [0.15, 0.2) is 6.04 Å². The number of nitrogens with zero attached hydrogens (tertiary/aromatic N) is 1. The van der Waals surface area contributed by atoms with E-state index in [9.17, 15) is 9.59 Å². The molecule has 0 aliphatic heterocycles. The molecule has 0 aliphatic carbocycles. The van der Waals surface area contributed by atoms with E-state index < -0.39 is 17.9 Å². The van der Waals surface area contributed by atoms with Gasteiger partial charge >= 0.3 is 5.97 Å². The van der Waals surface area contributed by atoms with Gasteiger partial charge in [0.05, 0.1) is 13.3 Å². The number of nitrogens with one attached hydrogen (secondary N) is 1. The fourth-order valence-electron chi connectivity index (χ4n) is 1.89. The van der Waals surface area contributed by atoms with Gasteiger partial charge in [0, 0.05) is 10.6 Å². The van der Waals surface area contributed by atoms with Gasteiger partial charge in [0.25, 0.3) is 5.91 Å². The monoisotopic (exact) mass is 360 g/mol. The van der Waals surface area contributed by atoms with E-state index in [2.05, 4.69) is 15.2 Å². The van der Waals surface area contributed by atoms with Gasteiger partial charge in [0.2, 0.25) is 0 Å². The Morgan fingerprint density at radius 1 is 1.16 bits per heavy atom. The lowest BCUT2D eigenvalue weighted by molar-refractivity contribution is -0.140. The number of esters is 1. The predicted octanol–water partition coefficient (Wildman–Crippen LogP) is 2.81. The molecule has 0 bridgehead atoms. The van der Waals surface area contributed by atoms with E-state index in [0.717, 1.165) is 5.56 Å². The van der Waals surface area contributed by atoms with Gasteiger partial charge in [-0.05, 0) is 29.8 Å². The first kappa shape index (κ1) is 18.5. The van der Waals surface area contributed by atoms with Gasteiger partial charge in [0.1, 0.15) is 6.61 Å². The summed E-state index contributed by atoms with van der Waals surface area (Å²) in [4.78, 5) is 29.0. The molecule has 0 aliphatic rings. The molecular weight excluding hydrogens is 344 g/mol. The smallest absolute Gasteiger partial charge is 0.334 e. The van der Waals surface area contributed by atoms with Crippen LogP contribution >= 0.6 is 11.6 Å². The Labute approximate surface area is 150 Å². The minimum Gasteiger partial charge on any atom is -0.467 e. The Hall–Kier alpha value is -2.86. The van der Waals surface area contributed by atoms with E-state index in [4.69, 9.17) is 16.4 Å². The highest BCUT2D eigenvalue weighted by molar-refractivity contribution is 6.30. The van der Waals surface area contributed by atoms with Crippen molar-refractivity contribution < 1.29 is 19.2 Å². The number of methoxy groups -OCH3 is 1. The Bertz CT molecular complexity index is 733. The highest BCUT2D eigenvalue weighted by Crippen LogP contribution is 2.10. The maximum Gasteiger partial charge on any atom is 0.334 e. The van der Waals surface area contributed by atoms with Crippen LogP contribution in [0.25, 0.3) is 0 Å². The molecule has 0 unspecified atom stereocenters. The van der Waals surface area contributed by atoms with Crippen LogP contribution in [-0.4, -0.2) is 31.2 Å². The molecule has 1 amide bonds. The SMILES string of the molecule is COC(=O)[C@H](/C=N\OCc1ccc(Cl)cc1)NC(=O)c1ccccc1. The van der Waals surface area contributed by atoms with Crippen molar-refractivity contribution in [1.29, 1.82) is 0 Å². The van der Waals surface area contributed by atoms with Gasteiger partial charge in [-0.3, -0.25) is 4.79 Å². The second-order valence-electron chi connectivity index (χ2n) is 4.99. The summed E-state index contributed by atoms with van der Waals surface area (Å²) in [5.74, 6) is -1.07. The highest BCUT2D eigenvalue weighted by Gasteiger charge is 2.20. The summed E-state index contributed by atoms with van der Waals surface area (Å²) in [6.07, 6.45) is 1.18. The highest BCUT2D eigenvalue weighted by atomic mass is 35.5. The number of benzene rings is 2. The van der Waals surface area contributed by atoms with Crippen LogP contribution in [0.5, 0.6) is 0 Å². The number of hydrogen-bond acceptors (Lipinski definition) is 5. The first-order valence-electron chi connectivity index (χ1n) is 7.44. The number of carbonyl (C=O) groups excluding carboxylic acids is 2. The largest absolute Gasteiger partial charge is 0.467 e. The molecule has 0 heterocycles. The Morgan fingerprint density at radius 3 is 2.48 bits per heavy atom. The fourth-order valence-corrected chi connectivity index (χ4v) is 2.02. The maximum absolute atomic E-state index is 12.1. The van der Waals surface area contributed by atoms with Crippen LogP contribution in [0.4, 0.5) is 0 Å². The second kappa shape index (κ2) is 9.44. The molecule has 2 aromatic carbocycles. The van der Waals surface area contributed by atoms with Crippen molar-refractivity contribution in [1.82, 2.24) is 5.32 Å². The van der Waals surface area contributed by atoms with E-state index in [0.29, 0.717) is 10.6 Å². The number of rotatable bonds is 7. The predicted molar refractivity (Wildman–Crippen MR) is 94.4 cm³/mol. The molecule has 1 N–H and O–H groups in total. The topological polar surface area (TPSA) is 77.0 Å². The summed E-state index contributed by atoms with van der Waals surface area (Å²) >= 11 is 5.80. The molecule has 0 fully saturated rings. The second-order valence-corrected chi connectivity index (χ2v) is 5.43. The maximum atomic E-state index is 12.1. The zero-order chi connectivity index (χ0) is 18.1. The third-order valence-electron chi connectivity index (χ3n) is 3.21. The van der Waals surface area contributed by atoms with E-state index in [1.54, 1.807) is 54.6 Å². The van der Waals surface area contributed by atoms with Gasteiger partial charge in [-0.2, -0.15) is 0 Å². The van der Waals surface area contributed by atoms with Gasteiger partial charge < -0.3 is 14.9 Å². The Balaban J connectivity index is 1.94. The van der Waals surface area contributed by atoms with Crippen molar-refractivity contribution in [3.63, 3.8) is 0 Å². The molecule has 0 radical (unpaired) electrons. The van der Waals surface area contributed by atoms with E-state index >= 15 is 0 Å². The van der Waals surface area contributed by atoms with Crippen LogP contribution in [-0.2, 0) is 21.0 Å². The van der Waals surface area contributed by atoms with Crippen molar-refractivity contribution in [2.24, 2.45) is 5.16 Å². The van der Waals surface area contributed by atoms with Crippen LogP contribution < -0.4 is 5.32 Å². The summed E-state index contributed by atoms with van der Waals surface area (Å²) in [7, 11) is 1.23. The average molecular weight is 361 g/mol. The standard InChI is InChI=1S/C18H17ClN2O4/c1-24-18(23)16(21-17(22)14-5-3-2-4-6-14)11-20-25-12-13-7-9-15(19)10-8-13/h2-11,16H,12H2,1H3,(H,21,22)/b20-11-/t16-/m0/s1. The summed E-state index contributed by atoms with van der Waals surface area (Å²) in [6, 6.07) is 14.5.